The summed E-state index contributed by atoms with van der Waals surface area (Å²) >= 11 is 0. The van der Waals surface area contributed by atoms with E-state index < -0.39 is 0 Å². The number of aromatic hydroxyl groups is 1. The van der Waals surface area contributed by atoms with Gasteiger partial charge in [-0.15, -0.1) is 0 Å². The SMILES string of the molecule is CN(CCCn1c(O)c2n(c1=O)CCC2)C1CCc2ccccc2O1. The molecule has 2 aliphatic rings. The van der Waals surface area contributed by atoms with E-state index in [1.54, 1.807) is 4.57 Å². The highest BCUT2D eigenvalue weighted by atomic mass is 16.5. The Morgan fingerprint density at radius 3 is 3.00 bits per heavy atom. The molecule has 0 radical (unpaired) electrons. The lowest BCUT2D eigenvalue weighted by Gasteiger charge is -2.32. The van der Waals surface area contributed by atoms with Crippen LogP contribution < -0.4 is 10.4 Å². The zero-order valence-corrected chi connectivity index (χ0v) is 14.6. The van der Waals surface area contributed by atoms with E-state index in [9.17, 15) is 9.90 Å². The molecule has 0 saturated carbocycles. The van der Waals surface area contributed by atoms with E-state index in [0.717, 1.165) is 56.6 Å². The minimum absolute atomic E-state index is 0.0688. The molecule has 1 aromatic carbocycles. The van der Waals surface area contributed by atoms with Crippen molar-refractivity contribution in [3.05, 3.63) is 46.0 Å². The van der Waals surface area contributed by atoms with Gasteiger partial charge in [0.2, 0.25) is 5.88 Å². The molecule has 0 aliphatic carbocycles. The van der Waals surface area contributed by atoms with Crippen LogP contribution in [-0.2, 0) is 25.9 Å². The smallest absolute Gasteiger partial charge is 0.331 e. The fraction of sp³-hybridized carbons (Fsp3) is 0.526. The third-order valence-electron chi connectivity index (χ3n) is 5.38. The molecule has 6 heteroatoms. The van der Waals surface area contributed by atoms with Gasteiger partial charge in [-0.25, -0.2) is 4.79 Å². The van der Waals surface area contributed by atoms with Crippen LogP contribution in [-0.4, -0.2) is 39.0 Å². The van der Waals surface area contributed by atoms with E-state index in [1.165, 1.54) is 10.1 Å². The van der Waals surface area contributed by atoms with Crippen molar-refractivity contribution >= 4 is 0 Å². The molecule has 1 aromatic heterocycles. The number of hydrogen-bond donors (Lipinski definition) is 1. The summed E-state index contributed by atoms with van der Waals surface area (Å²) in [5, 5.41) is 10.3. The molecule has 3 heterocycles. The molecule has 1 unspecified atom stereocenters. The maximum atomic E-state index is 12.3. The van der Waals surface area contributed by atoms with Gasteiger partial charge in [-0.1, -0.05) is 18.2 Å². The summed E-state index contributed by atoms with van der Waals surface area (Å²) in [7, 11) is 2.06. The summed E-state index contributed by atoms with van der Waals surface area (Å²) in [6.45, 7) is 2.08. The van der Waals surface area contributed by atoms with Crippen LogP contribution in [0.3, 0.4) is 0 Å². The van der Waals surface area contributed by atoms with Gasteiger partial charge >= 0.3 is 5.69 Å². The Balaban J connectivity index is 1.35. The van der Waals surface area contributed by atoms with Crippen molar-refractivity contribution in [2.75, 3.05) is 13.6 Å². The van der Waals surface area contributed by atoms with Crippen LogP contribution in [0.4, 0.5) is 0 Å². The van der Waals surface area contributed by atoms with Crippen molar-refractivity contribution < 1.29 is 9.84 Å². The highest BCUT2D eigenvalue weighted by molar-refractivity contribution is 5.35. The largest absolute Gasteiger partial charge is 0.493 e. The first kappa shape index (κ1) is 16.3. The Labute approximate surface area is 147 Å². The van der Waals surface area contributed by atoms with Crippen molar-refractivity contribution in [3.8, 4) is 11.6 Å². The zero-order valence-electron chi connectivity index (χ0n) is 14.6. The monoisotopic (exact) mass is 343 g/mol. The maximum Gasteiger partial charge on any atom is 0.331 e. The third-order valence-corrected chi connectivity index (χ3v) is 5.38. The summed E-state index contributed by atoms with van der Waals surface area (Å²) in [4.78, 5) is 14.5. The van der Waals surface area contributed by atoms with E-state index in [4.69, 9.17) is 4.74 Å². The van der Waals surface area contributed by atoms with E-state index in [1.807, 2.05) is 18.2 Å². The van der Waals surface area contributed by atoms with Gasteiger partial charge in [0.05, 0.1) is 5.69 Å². The second kappa shape index (κ2) is 6.59. The quantitative estimate of drug-likeness (QED) is 0.902. The second-order valence-corrected chi connectivity index (χ2v) is 7.01. The first-order valence-electron chi connectivity index (χ1n) is 9.11. The van der Waals surface area contributed by atoms with Gasteiger partial charge in [-0.05, 0) is 44.4 Å². The lowest BCUT2D eigenvalue weighted by Crippen LogP contribution is -2.40. The second-order valence-electron chi connectivity index (χ2n) is 7.01. The molecule has 1 atom stereocenters. The number of fused-ring (bicyclic) bond motifs is 2. The molecule has 6 nitrogen and oxygen atoms in total. The lowest BCUT2D eigenvalue weighted by molar-refractivity contribution is 0.0265. The molecular formula is C19H25N3O3. The average Bonchev–Trinajstić information content (AvgIpc) is 3.20. The Kier molecular flexibility index (Phi) is 4.29. The Hall–Kier alpha value is -2.21. The predicted octanol–water partition coefficient (Wildman–Crippen LogP) is 1.97. The molecule has 2 aromatic rings. The van der Waals surface area contributed by atoms with Crippen LogP contribution in [0.1, 0.15) is 30.5 Å². The first-order valence-corrected chi connectivity index (χ1v) is 9.11. The van der Waals surface area contributed by atoms with Crippen molar-refractivity contribution in [1.82, 2.24) is 14.0 Å². The first-order chi connectivity index (χ1) is 12.1. The van der Waals surface area contributed by atoms with E-state index in [-0.39, 0.29) is 17.8 Å². The van der Waals surface area contributed by atoms with Crippen LogP contribution >= 0.6 is 0 Å². The van der Waals surface area contributed by atoms with Crippen LogP contribution in [0.5, 0.6) is 11.6 Å². The van der Waals surface area contributed by atoms with Crippen LogP contribution in [0.15, 0.2) is 29.1 Å². The molecule has 0 fully saturated rings. The van der Waals surface area contributed by atoms with Gasteiger partial charge in [0.1, 0.15) is 5.75 Å². The number of ether oxygens (including phenoxy) is 1. The Bertz CT molecular complexity index is 824. The predicted molar refractivity (Wildman–Crippen MR) is 95.1 cm³/mol. The lowest BCUT2D eigenvalue weighted by atomic mass is 10.0. The molecule has 2 aliphatic heterocycles. The van der Waals surface area contributed by atoms with E-state index in [2.05, 4.69) is 18.0 Å². The number of hydrogen-bond acceptors (Lipinski definition) is 4. The van der Waals surface area contributed by atoms with Crippen LogP contribution in [0.2, 0.25) is 0 Å². The highest BCUT2D eigenvalue weighted by Crippen LogP contribution is 2.28. The molecule has 0 bridgehead atoms. The summed E-state index contributed by atoms with van der Waals surface area (Å²) in [5.41, 5.74) is 1.99. The topological polar surface area (TPSA) is 59.6 Å². The van der Waals surface area contributed by atoms with Crippen LogP contribution in [0, 0.1) is 0 Å². The number of aryl methyl sites for hydroxylation is 1. The molecule has 1 N–H and O–H groups in total. The Morgan fingerprint density at radius 2 is 2.16 bits per heavy atom. The van der Waals surface area contributed by atoms with Crippen molar-refractivity contribution in [3.63, 3.8) is 0 Å². The molecule has 134 valence electrons. The minimum Gasteiger partial charge on any atom is -0.493 e. The molecule has 0 spiro atoms. The fourth-order valence-electron chi connectivity index (χ4n) is 3.95. The van der Waals surface area contributed by atoms with E-state index >= 15 is 0 Å². The minimum atomic E-state index is -0.0736. The number of nitrogens with zero attached hydrogens (tertiary/aromatic N) is 3. The zero-order chi connectivity index (χ0) is 17.4. The summed E-state index contributed by atoms with van der Waals surface area (Å²) in [6, 6.07) is 8.19. The van der Waals surface area contributed by atoms with Gasteiger partial charge in [0.15, 0.2) is 6.23 Å². The van der Waals surface area contributed by atoms with Gasteiger partial charge in [0, 0.05) is 26.1 Å². The number of benzene rings is 1. The maximum absolute atomic E-state index is 12.3. The van der Waals surface area contributed by atoms with Crippen molar-refractivity contribution in [2.45, 2.75) is 51.4 Å². The van der Waals surface area contributed by atoms with Crippen LogP contribution in [0.25, 0.3) is 0 Å². The molecule has 0 saturated heterocycles. The third kappa shape index (κ3) is 2.95. The van der Waals surface area contributed by atoms with Crippen molar-refractivity contribution in [1.29, 1.82) is 0 Å². The average molecular weight is 343 g/mol. The standard InChI is InChI=1S/C19H25N3O3/c1-20(17-10-9-14-6-2-3-8-16(14)25-17)11-5-13-22-18(23)15-7-4-12-21(15)19(22)24/h2-3,6,8,17,23H,4-5,7,9-13H2,1H3. The highest BCUT2D eigenvalue weighted by Gasteiger charge is 2.24. The van der Waals surface area contributed by atoms with Crippen molar-refractivity contribution in [2.24, 2.45) is 0 Å². The number of rotatable bonds is 5. The number of para-hydroxylation sites is 1. The fourth-order valence-corrected chi connectivity index (χ4v) is 3.95. The molecule has 0 amide bonds. The normalized spacial score (nSPS) is 18.9. The summed E-state index contributed by atoms with van der Waals surface area (Å²) in [5.74, 6) is 1.14. The molecule has 4 rings (SSSR count). The number of imidazole rings is 1. The Morgan fingerprint density at radius 1 is 1.32 bits per heavy atom. The van der Waals surface area contributed by atoms with Gasteiger partial charge in [-0.2, -0.15) is 0 Å². The van der Waals surface area contributed by atoms with E-state index in [0.29, 0.717) is 6.54 Å². The summed E-state index contributed by atoms with van der Waals surface area (Å²) < 4.78 is 9.32. The summed E-state index contributed by atoms with van der Waals surface area (Å²) in [6.07, 6.45) is 4.61. The molecular weight excluding hydrogens is 318 g/mol. The van der Waals surface area contributed by atoms with Gasteiger partial charge in [-0.3, -0.25) is 14.0 Å². The number of aromatic nitrogens is 2. The van der Waals surface area contributed by atoms with Gasteiger partial charge in [0.25, 0.3) is 0 Å². The molecule has 25 heavy (non-hydrogen) atoms. The van der Waals surface area contributed by atoms with Gasteiger partial charge < -0.3 is 9.84 Å².